The third-order valence-electron chi connectivity index (χ3n) is 2.70. The fourth-order valence-electron chi connectivity index (χ4n) is 1.98. The van der Waals surface area contributed by atoms with Crippen LogP contribution in [0.25, 0.3) is 11.5 Å². The predicted octanol–water partition coefficient (Wildman–Crippen LogP) is 1.61. The maximum Gasteiger partial charge on any atom is 0.180 e. The second-order valence-electron chi connectivity index (χ2n) is 3.63. The van der Waals surface area contributed by atoms with E-state index in [0.29, 0.717) is 0 Å². The number of aromatic amines is 1. The first-order valence-corrected chi connectivity index (χ1v) is 5.01. The van der Waals surface area contributed by atoms with Gasteiger partial charge in [-0.3, -0.25) is 0 Å². The van der Waals surface area contributed by atoms with Crippen molar-refractivity contribution in [1.82, 2.24) is 19.7 Å². The molecule has 3 rings (SSSR count). The Hall–Kier alpha value is -1.58. The summed E-state index contributed by atoms with van der Waals surface area (Å²) in [6.45, 7) is 1.05. The zero-order chi connectivity index (χ0) is 9.38. The van der Waals surface area contributed by atoms with E-state index in [4.69, 9.17) is 0 Å². The summed E-state index contributed by atoms with van der Waals surface area (Å²) in [5.74, 6) is 2.10. The van der Waals surface area contributed by atoms with Crippen molar-refractivity contribution in [3.8, 4) is 11.5 Å². The Morgan fingerprint density at radius 3 is 3.14 bits per heavy atom. The lowest BCUT2D eigenvalue weighted by molar-refractivity contribution is 0.525. The van der Waals surface area contributed by atoms with E-state index in [1.165, 1.54) is 12.8 Å². The minimum atomic E-state index is 0.977. The fraction of sp³-hybridized carbons (Fsp3) is 0.400. The molecule has 0 bridgehead atoms. The lowest BCUT2D eigenvalue weighted by Gasteiger charge is -2.13. The normalized spacial score (nSPS) is 15.4. The van der Waals surface area contributed by atoms with E-state index >= 15 is 0 Å². The van der Waals surface area contributed by atoms with Gasteiger partial charge in [0.2, 0.25) is 0 Å². The van der Waals surface area contributed by atoms with Crippen molar-refractivity contribution in [3.63, 3.8) is 0 Å². The van der Waals surface area contributed by atoms with Gasteiger partial charge in [-0.25, -0.2) is 0 Å². The molecule has 1 aliphatic rings. The number of aromatic nitrogens is 4. The molecule has 3 heterocycles. The smallest absolute Gasteiger partial charge is 0.180 e. The van der Waals surface area contributed by atoms with Crippen LogP contribution in [0.5, 0.6) is 0 Å². The first kappa shape index (κ1) is 7.79. The number of hydrogen-bond acceptors (Lipinski definition) is 2. The number of aryl methyl sites for hydroxylation is 1. The molecule has 2 aromatic heterocycles. The van der Waals surface area contributed by atoms with Gasteiger partial charge in [-0.1, -0.05) is 0 Å². The van der Waals surface area contributed by atoms with Crippen LogP contribution < -0.4 is 0 Å². The predicted molar refractivity (Wildman–Crippen MR) is 52.7 cm³/mol. The zero-order valence-corrected chi connectivity index (χ0v) is 7.90. The second-order valence-corrected chi connectivity index (χ2v) is 3.63. The van der Waals surface area contributed by atoms with Gasteiger partial charge in [0.05, 0.1) is 5.69 Å². The standard InChI is InChI=1S/C10H12N4/c1-2-7-14-9(5-1)12-13-10(14)8-4-3-6-11-8/h3-4,6,11H,1-2,5,7H2. The first-order valence-electron chi connectivity index (χ1n) is 5.01. The molecule has 0 spiro atoms. The summed E-state index contributed by atoms with van der Waals surface area (Å²) in [5, 5.41) is 8.43. The summed E-state index contributed by atoms with van der Waals surface area (Å²) in [5.41, 5.74) is 1.06. The molecule has 0 saturated carbocycles. The Bertz CT molecular complexity index is 427. The van der Waals surface area contributed by atoms with E-state index in [-0.39, 0.29) is 0 Å². The van der Waals surface area contributed by atoms with Crippen LogP contribution >= 0.6 is 0 Å². The molecule has 4 heteroatoms. The number of nitrogens with one attached hydrogen (secondary N) is 1. The van der Waals surface area contributed by atoms with E-state index in [2.05, 4.69) is 19.7 Å². The van der Waals surface area contributed by atoms with E-state index in [1.807, 2.05) is 18.3 Å². The van der Waals surface area contributed by atoms with Crippen LogP contribution in [0.1, 0.15) is 18.7 Å². The van der Waals surface area contributed by atoms with Gasteiger partial charge >= 0.3 is 0 Å². The highest BCUT2D eigenvalue weighted by Gasteiger charge is 2.16. The fourth-order valence-corrected chi connectivity index (χ4v) is 1.98. The van der Waals surface area contributed by atoms with Gasteiger partial charge in [-0.2, -0.15) is 0 Å². The van der Waals surface area contributed by atoms with Crippen molar-refractivity contribution >= 4 is 0 Å². The van der Waals surface area contributed by atoms with Crippen LogP contribution in [-0.2, 0) is 13.0 Å². The van der Waals surface area contributed by atoms with E-state index in [1.54, 1.807) is 0 Å². The van der Waals surface area contributed by atoms with Crippen molar-refractivity contribution in [2.45, 2.75) is 25.8 Å². The first-order chi connectivity index (χ1) is 6.95. The maximum absolute atomic E-state index is 4.22. The molecule has 0 saturated heterocycles. The monoisotopic (exact) mass is 188 g/mol. The summed E-state index contributed by atoms with van der Waals surface area (Å²) < 4.78 is 2.22. The van der Waals surface area contributed by atoms with Crippen LogP contribution in [0, 0.1) is 0 Å². The Labute approximate surface area is 82.0 Å². The number of fused-ring (bicyclic) bond motifs is 1. The zero-order valence-electron chi connectivity index (χ0n) is 7.90. The molecule has 0 unspecified atom stereocenters. The third kappa shape index (κ3) is 1.07. The molecule has 2 aromatic rings. The van der Waals surface area contributed by atoms with Crippen molar-refractivity contribution in [1.29, 1.82) is 0 Å². The Balaban J connectivity index is 2.11. The van der Waals surface area contributed by atoms with Gasteiger partial charge in [0.1, 0.15) is 5.82 Å². The summed E-state index contributed by atoms with van der Waals surface area (Å²) >= 11 is 0. The van der Waals surface area contributed by atoms with Crippen molar-refractivity contribution in [3.05, 3.63) is 24.2 Å². The Kier molecular flexibility index (Phi) is 1.65. The quantitative estimate of drug-likeness (QED) is 0.739. The molecule has 0 radical (unpaired) electrons. The van der Waals surface area contributed by atoms with Crippen LogP contribution in [0.2, 0.25) is 0 Å². The van der Waals surface area contributed by atoms with Crippen LogP contribution in [0.4, 0.5) is 0 Å². The summed E-state index contributed by atoms with van der Waals surface area (Å²) in [6, 6.07) is 4.02. The van der Waals surface area contributed by atoms with Gasteiger partial charge in [0.15, 0.2) is 5.82 Å². The number of H-pyrrole nitrogens is 1. The summed E-state index contributed by atoms with van der Waals surface area (Å²) in [6.07, 6.45) is 5.45. The topological polar surface area (TPSA) is 46.5 Å². The van der Waals surface area contributed by atoms with Crippen LogP contribution in [0.3, 0.4) is 0 Å². The molecule has 4 nitrogen and oxygen atoms in total. The van der Waals surface area contributed by atoms with Crippen molar-refractivity contribution < 1.29 is 0 Å². The van der Waals surface area contributed by atoms with Gasteiger partial charge in [-0.05, 0) is 25.0 Å². The lowest BCUT2D eigenvalue weighted by Crippen LogP contribution is -2.11. The maximum atomic E-state index is 4.22. The molecular formula is C10H12N4. The van der Waals surface area contributed by atoms with Crippen LogP contribution in [0.15, 0.2) is 18.3 Å². The molecule has 14 heavy (non-hydrogen) atoms. The van der Waals surface area contributed by atoms with E-state index in [9.17, 15) is 0 Å². The van der Waals surface area contributed by atoms with Gasteiger partial charge < -0.3 is 9.55 Å². The number of nitrogens with zero attached hydrogens (tertiary/aromatic N) is 3. The number of rotatable bonds is 1. The van der Waals surface area contributed by atoms with Crippen LogP contribution in [-0.4, -0.2) is 19.7 Å². The molecule has 1 aliphatic heterocycles. The highest BCUT2D eigenvalue weighted by molar-refractivity contribution is 5.49. The van der Waals surface area contributed by atoms with Crippen molar-refractivity contribution in [2.24, 2.45) is 0 Å². The Morgan fingerprint density at radius 1 is 1.29 bits per heavy atom. The molecule has 0 aliphatic carbocycles. The molecule has 0 atom stereocenters. The molecule has 72 valence electrons. The average molecular weight is 188 g/mol. The Morgan fingerprint density at radius 2 is 2.29 bits per heavy atom. The van der Waals surface area contributed by atoms with Crippen molar-refractivity contribution in [2.75, 3.05) is 0 Å². The SMILES string of the molecule is c1c[nH]c(-c2nnc3n2CCCC3)c1. The highest BCUT2D eigenvalue weighted by atomic mass is 15.3. The van der Waals surface area contributed by atoms with E-state index in [0.717, 1.165) is 30.3 Å². The second kappa shape index (κ2) is 2.97. The molecule has 0 aromatic carbocycles. The summed E-state index contributed by atoms with van der Waals surface area (Å²) in [4.78, 5) is 3.17. The highest BCUT2D eigenvalue weighted by Crippen LogP contribution is 2.20. The summed E-state index contributed by atoms with van der Waals surface area (Å²) in [7, 11) is 0. The third-order valence-corrected chi connectivity index (χ3v) is 2.70. The molecule has 1 N–H and O–H groups in total. The largest absolute Gasteiger partial charge is 0.359 e. The molecule has 0 fully saturated rings. The minimum Gasteiger partial charge on any atom is -0.359 e. The lowest BCUT2D eigenvalue weighted by atomic mass is 10.1. The minimum absolute atomic E-state index is 0.977. The average Bonchev–Trinajstić information content (AvgIpc) is 2.85. The molecular weight excluding hydrogens is 176 g/mol. The van der Waals surface area contributed by atoms with Gasteiger partial charge in [0.25, 0.3) is 0 Å². The molecule has 0 amide bonds. The van der Waals surface area contributed by atoms with Gasteiger partial charge in [-0.15, -0.1) is 10.2 Å². The van der Waals surface area contributed by atoms with E-state index < -0.39 is 0 Å². The number of hydrogen-bond donors (Lipinski definition) is 1. The van der Waals surface area contributed by atoms with Gasteiger partial charge in [0, 0.05) is 19.2 Å².